The van der Waals surface area contributed by atoms with Gasteiger partial charge in [-0.3, -0.25) is 4.79 Å². The molecule has 0 spiro atoms. The van der Waals surface area contributed by atoms with E-state index in [0.717, 1.165) is 22.2 Å². The van der Waals surface area contributed by atoms with Crippen LogP contribution in [0.15, 0.2) is 54.7 Å². The summed E-state index contributed by atoms with van der Waals surface area (Å²) in [6.07, 6.45) is 1.53. The smallest absolute Gasteiger partial charge is 0.258 e. The Morgan fingerprint density at radius 1 is 1.17 bits per heavy atom. The molecule has 2 N–H and O–H groups in total. The van der Waals surface area contributed by atoms with Crippen molar-refractivity contribution < 1.29 is 19.7 Å². The Hall–Kier alpha value is -3.25. The first kappa shape index (κ1) is 20.0. The SMILES string of the molecule is CC(C)OOC1=CN(C(=O)c2cccc(O)c2)CC(C)(C)c2c1[nH]c1ccccc21. The highest BCUT2D eigenvalue weighted by Crippen LogP contribution is 2.40. The molecule has 30 heavy (non-hydrogen) atoms. The highest BCUT2D eigenvalue weighted by Gasteiger charge is 2.36. The van der Waals surface area contributed by atoms with Crippen LogP contribution in [-0.2, 0) is 15.2 Å². The molecule has 3 aromatic rings. The number of benzene rings is 2. The van der Waals surface area contributed by atoms with Gasteiger partial charge in [-0.25, -0.2) is 0 Å². The van der Waals surface area contributed by atoms with Crippen molar-refractivity contribution >= 4 is 22.6 Å². The van der Waals surface area contributed by atoms with Crippen LogP contribution in [0.3, 0.4) is 0 Å². The second kappa shape index (κ2) is 7.54. The van der Waals surface area contributed by atoms with Gasteiger partial charge < -0.3 is 19.9 Å². The maximum atomic E-state index is 13.3. The Kier molecular flexibility index (Phi) is 5.03. The number of aromatic nitrogens is 1. The Labute approximate surface area is 175 Å². The molecule has 1 aromatic heterocycles. The Morgan fingerprint density at radius 3 is 2.67 bits per heavy atom. The number of nitrogens with one attached hydrogen (secondary N) is 1. The monoisotopic (exact) mass is 406 g/mol. The molecule has 2 heterocycles. The third-order valence-corrected chi connectivity index (χ3v) is 5.15. The fourth-order valence-corrected chi connectivity index (χ4v) is 3.93. The molecule has 1 amide bonds. The third-order valence-electron chi connectivity index (χ3n) is 5.15. The van der Waals surface area contributed by atoms with E-state index >= 15 is 0 Å². The van der Waals surface area contributed by atoms with Crippen molar-refractivity contribution in [2.75, 3.05) is 6.54 Å². The van der Waals surface area contributed by atoms with Gasteiger partial charge in [0.1, 0.15) is 5.75 Å². The number of nitrogens with zero attached hydrogens (tertiary/aromatic N) is 1. The lowest BCUT2D eigenvalue weighted by atomic mass is 9.82. The first-order chi connectivity index (χ1) is 14.3. The second-order valence-electron chi connectivity index (χ2n) is 8.51. The lowest BCUT2D eigenvalue weighted by Gasteiger charge is -2.29. The third kappa shape index (κ3) is 3.66. The summed E-state index contributed by atoms with van der Waals surface area (Å²) in [5.41, 5.74) is 2.90. The van der Waals surface area contributed by atoms with E-state index in [4.69, 9.17) is 9.78 Å². The molecule has 156 valence electrons. The quantitative estimate of drug-likeness (QED) is 0.474. The zero-order valence-corrected chi connectivity index (χ0v) is 17.6. The van der Waals surface area contributed by atoms with Gasteiger partial charge >= 0.3 is 0 Å². The van der Waals surface area contributed by atoms with Crippen LogP contribution in [0.25, 0.3) is 16.7 Å². The normalized spacial score (nSPS) is 15.6. The van der Waals surface area contributed by atoms with Crippen LogP contribution in [0, 0.1) is 0 Å². The number of hydrogen-bond acceptors (Lipinski definition) is 4. The van der Waals surface area contributed by atoms with Crippen LogP contribution in [0.4, 0.5) is 0 Å². The molecule has 4 rings (SSSR count). The topological polar surface area (TPSA) is 74.8 Å². The summed E-state index contributed by atoms with van der Waals surface area (Å²) >= 11 is 0. The van der Waals surface area contributed by atoms with Crippen LogP contribution in [0.2, 0.25) is 0 Å². The number of H-pyrrole nitrogens is 1. The minimum atomic E-state index is -0.374. The fraction of sp³-hybridized carbons (Fsp3) is 0.292. The summed E-state index contributed by atoms with van der Waals surface area (Å²) in [5.74, 6) is 0.266. The van der Waals surface area contributed by atoms with Crippen molar-refractivity contribution in [3.63, 3.8) is 0 Å². The number of phenols is 1. The van der Waals surface area contributed by atoms with E-state index in [9.17, 15) is 9.90 Å². The summed E-state index contributed by atoms with van der Waals surface area (Å²) in [7, 11) is 0. The number of aromatic hydroxyl groups is 1. The van der Waals surface area contributed by atoms with Gasteiger partial charge in [0, 0.05) is 28.4 Å². The van der Waals surface area contributed by atoms with Crippen molar-refractivity contribution in [2.45, 2.75) is 39.2 Å². The maximum absolute atomic E-state index is 13.3. The Bertz CT molecular complexity index is 1130. The van der Waals surface area contributed by atoms with Crippen LogP contribution in [-0.4, -0.2) is 33.5 Å². The zero-order valence-electron chi connectivity index (χ0n) is 17.6. The van der Waals surface area contributed by atoms with Gasteiger partial charge in [0.25, 0.3) is 5.91 Å². The molecule has 2 aromatic carbocycles. The van der Waals surface area contributed by atoms with E-state index in [-0.39, 0.29) is 23.2 Å². The van der Waals surface area contributed by atoms with E-state index < -0.39 is 0 Å². The molecule has 0 atom stereocenters. The highest BCUT2D eigenvalue weighted by molar-refractivity contribution is 5.97. The number of rotatable bonds is 4. The molecule has 1 aliphatic rings. The van der Waals surface area contributed by atoms with Crippen LogP contribution >= 0.6 is 0 Å². The van der Waals surface area contributed by atoms with E-state index in [1.165, 1.54) is 6.07 Å². The molecule has 0 saturated heterocycles. The molecular formula is C24H26N2O4. The van der Waals surface area contributed by atoms with Crippen molar-refractivity contribution in [2.24, 2.45) is 0 Å². The average molecular weight is 406 g/mol. The molecule has 0 fully saturated rings. The second-order valence-corrected chi connectivity index (χ2v) is 8.51. The van der Waals surface area contributed by atoms with Crippen molar-refractivity contribution in [1.29, 1.82) is 0 Å². The number of para-hydroxylation sites is 1. The first-order valence-electron chi connectivity index (χ1n) is 10.0. The lowest BCUT2D eigenvalue weighted by molar-refractivity contribution is -0.261. The van der Waals surface area contributed by atoms with E-state index in [0.29, 0.717) is 17.9 Å². The Morgan fingerprint density at radius 2 is 1.93 bits per heavy atom. The molecule has 0 bridgehead atoms. The molecule has 1 aliphatic heterocycles. The fourth-order valence-electron chi connectivity index (χ4n) is 3.93. The Balaban J connectivity index is 1.84. The molecular weight excluding hydrogens is 380 g/mol. The molecule has 6 heteroatoms. The van der Waals surface area contributed by atoms with E-state index in [1.54, 1.807) is 29.3 Å². The summed E-state index contributed by atoms with van der Waals surface area (Å²) in [4.78, 5) is 29.5. The van der Waals surface area contributed by atoms with E-state index in [2.05, 4.69) is 24.9 Å². The number of phenolic OH excluding ortho intramolecular Hbond substituents is 1. The highest BCUT2D eigenvalue weighted by atomic mass is 17.2. The number of fused-ring (bicyclic) bond motifs is 3. The lowest BCUT2D eigenvalue weighted by Crippen LogP contribution is -2.36. The first-order valence-corrected chi connectivity index (χ1v) is 10.0. The summed E-state index contributed by atoms with van der Waals surface area (Å²) in [6, 6.07) is 14.4. The average Bonchev–Trinajstić information content (AvgIpc) is 3.05. The summed E-state index contributed by atoms with van der Waals surface area (Å²) in [5, 5.41) is 10.9. The number of aromatic amines is 1. The van der Waals surface area contributed by atoms with Gasteiger partial charge in [-0.15, -0.1) is 0 Å². The zero-order chi connectivity index (χ0) is 21.5. The van der Waals surface area contributed by atoms with Gasteiger partial charge in [-0.1, -0.05) is 38.1 Å². The minimum Gasteiger partial charge on any atom is -0.508 e. The van der Waals surface area contributed by atoms with Crippen molar-refractivity contribution in [1.82, 2.24) is 9.88 Å². The van der Waals surface area contributed by atoms with Crippen molar-refractivity contribution in [3.8, 4) is 5.75 Å². The van der Waals surface area contributed by atoms with Crippen molar-refractivity contribution in [3.05, 3.63) is 71.6 Å². The number of amides is 1. The van der Waals surface area contributed by atoms with Gasteiger partial charge in [0.15, 0.2) is 0 Å². The number of carbonyl (C=O) groups is 1. The van der Waals surface area contributed by atoms with Crippen LogP contribution in [0.5, 0.6) is 5.75 Å². The molecule has 0 saturated carbocycles. The van der Waals surface area contributed by atoms with Gasteiger partial charge in [-0.2, -0.15) is 4.89 Å². The molecule has 0 unspecified atom stereocenters. The minimum absolute atomic E-state index is 0.0507. The van der Waals surface area contributed by atoms with Crippen LogP contribution in [0.1, 0.15) is 49.3 Å². The predicted octanol–water partition coefficient (Wildman–Crippen LogP) is 4.96. The summed E-state index contributed by atoms with van der Waals surface area (Å²) < 4.78 is 0. The molecule has 6 nitrogen and oxygen atoms in total. The van der Waals surface area contributed by atoms with Gasteiger partial charge in [-0.05, 0) is 43.7 Å². The van der Waals surface area contributed by atoms with Gasteiger partial charge in [0.05, 0.1) is 18.0 Å². The largest absolute Gasteiger partial charge is 0.508 e. The predicted molar refractivity (Wildman–Crippen MR) is 116 cm³/mol. The molecule has 0 radical (unpaired) electrons. The number of hydrogen-bond donors (Lipinski definition) is 2. The summed E-state index contributed by atoms with van der Waals surface area (Å²) in [6.45, 7) is 8.40. The molecule has 0 aliphatic carbocycles. The van der Waals surface area contributed by atoms with Gasteiger partial charge in [0.2, 0.25) is 5.76 Å². The van der Waals surface area contributed by atoms with Crippen LogP contribution < -0.4 is 0 Å². The standard InChI is InChI=1S/C24H26N2O4/c1-15(2)29-30-20-13-26(23(28)16-8-7-9-17(27)12-16)14-24(3,4)21-18-10-5-6-11-19(18)25-22(20)21/h5-13,15,25,27H,14H2,1-4H3. The van der Waals surface area contributed by atoms with E-state index in [1.807, 2.05) is 32.0 Å². The number of carbonyl (C=O) groups excluding carboxylic acids is 1. The maximum Gasteiger partial charge on any atom is 0.258 e.